The van der Waals surface area contributed by atoms with E-state index in [1.807, 2.05) is 12.1 Å². The number of halogens is 1. The van der Waals surface area contributed by atoms with Crippen molar-refractivity contribution in [3.63, 3.8) is 0 Å². The number of rotatable bonds is 4. The molecule has 5 heteroatoms. The molecule has 4 nitrogen and oxygen atoms in total. The maximum absolute atomic E-state index is 5.92. The van der Waals surface area contributed by atoms with E-state index in [1.54, 1.807) is 20.2 Å². The molecule has 1 aromatic rings. The minimum Gasteiger partial charge on any atom is -0.496 e. The predicted octanol–water partition coefficient (Wildman–Crippen LogP) is 2.42. The highest BCUT2D eigenvalue weighted by molar-refractivity contribution is 6.30. The first-order valence-electron chi connectivity index (χ1n) is 5.86. The molecule has 0 aliphatic carbocycles. The van der Waals surface area contributed by atoms with Gasteiger partial charge in [-0.2, -0.15) is 0 Å². The van der Waals surface area contributed by atoms with Crippen molar-refractivity contribution in [2.75, 3.05) is 14.2 Å². The van der Waals surface area contributed by atoms with Crippen molar-refractivity contribution in [1.82, 2.24) is 10.6 Å². The Labute approximate surface area is 113 Å². The molecule has 0 bridgehead atoms. The zero-order valence-electron chi connectivity index (χ0n) is 11.2. The zero-order chi connectivity index (χ0) is 13.5. The Hall–Kier alpha value is -1.42. The van der Waals surface area contributed by atoms with Crippen LogP contribution in [0, 0.1) is 0 Å². The molecule has 0 radical (unpaired) electrons. The van der Waals surface area contributed by atoms with Gasteiger partial charge in [-0.05, 0) is 26.0 Å². The molecule has 0 aromatic heterocycles. The summed E-state index contributed by atoms with van der Waals surface area (Å²) in [6.45, 7) is 4.76. The number of aliphatic imine (C=N–C) groups is 1. The number of hydrogen-bond acceptors (Lipinski definition) is 2. The van der Waals surface area contributed by atoms with Gasteiger partial charge >= 0.3 is 0 Å². The summed E-state index contributed by atoms with van der Waals surface area (Å²) in [5.41, 5.74) is 1.04. The molecule has 1 aromatic carbocycles. The highest BCUT2D eigenvalue weighted by atomic mass is 35.5. The van der Waals surface area contributed by atoms with Gasteiger partial charge < -0.3 is 15.4 Å². The van der Waals surface area contributed by atoms with Gasteiger partial charge in [0.1, 0.15) is 5.75 Å². The van der Waals surface area contributed by atoms with Crippen molar-refractivity contribution < 1.29 is 4.74 Å². The number of ether oxygens (including phenoxy) is 1. The molecule has 2 N–H and O–H groups in total. The van der Waals surface area contributed by atoms with Crippen molar-refractivity contribution in [2.45, 2.75) is 26.4 Å². The zero-order valence-corrected chi connectivity index (χ0v) is 12.0. The van der Waals surface area contributed by atoms with Gasteiger partial charge in [0.2, 0.25) is 0 Å². The molecule has 0 spiro atoms. The van der Waals surface area contributed by atoms with Crippen molar-refractivity contribution >= 4 is 17.6 Å². The highest BCUT2D eigenvalue weighted by Crippen LogP contribution is 2.22. The fraction of sp³-hybridized carbons (Fsp3) is 0.462. The summed E-state index contributed by atoms with van der Waals surface area (Å²) in [5.74, 6) is 1.54. The van der Waals surface area contributed by atoms with Gasteiger partial charge in [0, 0.05) is 30.2 Å². The molecule has 0 fully saturated rings. The van der Waals surface area contributed by atoms with Gasteiger partial charge in [0.15, 0.2) is 5.96 Å². The number of benzene rings is 1. The summed E-state index contributed by atoms with van der Waals surface area (Å²) >= 11 is 5.92. The first-order chi connectivity index (χ1) is 8.56. The van der Waals surface area contributed by atoms with Crippen LogP contribution in [0.25, 0.3) is 0 Å². The Morgan fingerprint density at radius 3 is 2.72 bits per heavy atom. The van der Waals surface area contributed by atoms with Gasteiger partial charge in [0.25, 0.3) is 0 Å². The normalized spacial score (nSPS) is 11.6. The van der Waals surface area contributed by atoms with Crippen LogP contribution >= 0.6 is 11.6 Å². The number of guanidine groups is 1. The lowest BCUT2D eigenvalue weighted by atomic mass is 10.2. The van der Waals surface area contributed by atoms with Crippen LogP contribution in [0.5, 0.6) is 5.75 Å². The highest BCUT2D eigenvalue weighted by Gasteiger charge is 2.05. The molecule has 1 rings (SSSR count). The van der Waals surface area contributed by atoms with E-state index in [4.69, 9.17) is 16.3 Å². The number of methoxy groups -OCH3 is 1. The van der Waals surface area contributed by atoms with E-state index in [-0.39, 0.29) is 0 Å². The second-order valence-electron chi connectivity index (χ2n) is 4.18. The van der Waals surface area contributed by atoms with Gasteiger partial charge in [-0.1, -0.05) is 17.7 Å². The van der Waals surface area contributed by atoms with Gasteiger partial charge in [0.05, 0.1) is 7.11 Å². The molecule has 0 saturated carbocycles. The molecule has 0 aliphatic heterocycles. The van der Waals surface area contributed by atoms with Crippen LogP contribution in [0.15, 0.2) is 23.2 Å². The summed E-state index contributed by atoms with van der Waals surface area (Å²) < 4.78 is 5.29. The lowest BCUT2D eigenvalue weighted by Crippen LogP contribution is -2.40. The van der Waals surface area contributed by atoms with Crippen LogP contribution in [-0.2, 0) is 6.54 Å². The van der Waals surface area contributed by atoms with Crippen molar-refractivity contribution in [3.05, 3.63) is 28.8 Å². The third kappa shape index (κ3) is 4.45. The van der Waals surface area contributed by atoms with E-state index >= 15 is 0 Å². The Morgan fingerprint density at radius 2 is 2.17 bits per heavy atom. The summed E-state index contributed by atoms with van der Waals surface area (Å²) in [6.07, 6.45) is 0. The molecule has 0 unspecified atom stereocenters. The lowest BCUT2D eigenvalue weighted by molar-refractivity contribution is 0.409. The average molecular weight is 270 g/mol. The van der Waals surface area contributed by atoms with E-state index in [9.17, 15) is 0 Å². The molecule has 0 heterocycles. The average Bonchev–Trinajstić information content (AvgIpc) is 2.34. The quantitative estimate of drug-likeness (QED) is 0.652. The summed E-state index contributed by atoms with van der Waals surface area (Å²) in [6, 6.07) is 5.93. The first-order valence-corrected chi connectivity index (χ1v) is 6.24. The van der Waals surface area contributed by atoms with Crippen LogP contribution in [0.4, 0.5) is 0 Å². The number of nitrogens with one attached hydrogen (secondary N) is 2. The minimum atomic E-state index is 0.336. The largest absolute Gasteiger partial charge is 0.496 e. The number of hydrogen-bond donors (Lipinski definition) is 2. The van der Waals surface area contributed by atoms with Gasteiger partial charge in [-0.15, -0.1) is 0 Å². The molecule has 0 aliphatic rings. The maximum Gasteiger partial charge on any atom is 0.191 e. The smallest absolute Gasteiger partial charge is 0.191 e. The Kier molecular flexibility index (Phi) is 5.78. The minimum absolute atomic E-state index is 0.336. The van der Waals surface area contributed by atoms with E-state index in [2.05, 4.69) is 29.5 Å². The molecular weight excluding hydrogens is 250 g/mol. The number of nitrogens with zero attached hydrogens (tertiary/aromatic N) is 1. The molecule has 100 valence electrons. The summed E-state index contributed by atoms with van der Waals surface area (Å²) in [4.78, 5) is 4.14. The Bertz CT molecular complexity index is 419. The van der Waals surface area contributed by atoms with E-state index in [0.717, 1.165) is 17.3 Å². The second kappa shape index (κ2) is 7.11. The van der Waals surface area contributed by atoms with Crippen molar-refractivity contribution in [2.24, 2.45) is 4.99 Å². The third-order valence-electron chi connectivity index (χ3n) is 2.34. The van der Waals surface area contributed by atoms with Crippen molar-refractivity contribution in [3.8, 4) is 5.75 Å². The summed E-state index contributed by atoms with van der Waals surface area (Å²) in [7, 11) is 3.38. The van der Waals surface area contributed by atoms with Crippen LogP contribution in [0.1, 0.15) is 19.4 Å². The summed E-state index contributed by atoms with van der Waals surface area (Å²) in [5, 5.41) is 7.11. The topological polar surface area (TPSA) is 45.7 Å². The lowest BCUT2D eigenvalue weighted by Gasteiger charge is -2.15. The predicted molar refractivity (Wildman–Crippen MR) is 76.5 cm³/mol. The monoisotopic (exact) mass is 269 g/mol. The SMILES string of the molecule is CN=C(NCc1ccc(Cl)cc1OC)NC(C)C. The molecular formula is C13H20ClN3O. The molecule has 0 atom stereocenters. The van der Waals surface area contributed by atoms with Crippen LogP contribution in [0.2, 0.25) is 5.02 Å². The fourth-order valence-electron chi connectivity index (χ4n) is 1.51. The van der Waals surface area contributed by atoms with Crippen LogP contribution in [-0.4, -0.2) is 26.2 Å². The molecule has 18 heavy (non-hydrogen) atoms. The van der Waals surface area contributed by atoms with E-state index < -0.39 is 0 Å². The second-order valence-corrected chi connectivity index (χ2v) is 4.62. The van der Waals surface area contributed by atoms with Crippen LogP contribution in [0.3, 0.4) is 0 Å². The van der Waals surface area contributed by atoms with Gasteiger partial charge in [-0.25, -0.2) is 0 Å². The first kappa shape index (κ1) is 14.6. The molecule has 0 saturated heterocycles. The van der Waals surface area contributed by atoms with Crippen LogP contribution < -0.4 is 15.4 Å². The maximum atomic E-state index is 5.92. The Balaban J connectivity index is 2.68. The fourth-order valence-corrected chi connectivity index (χ4v) is 1.67. The molecule has 0 amide bonds. The third-order valence-corrected chi connectivity index (χ3v) is 2.58. The standard InChI is InChI=1S/C13H20ClN3O/c1-9(2)17-13(15-3)16-8-10-5-6-11(14)7-12(10)18-4/h5-7,9H,8H2,1-4H3,(H2,15,16,17). The van der Waals surface area contributed by atoms with E-state index in [0.29, 0.717) is 17.6 Å². The van der Waals surface area contributed by atoms with E-state index in [1.165, 1.54) is 0 Å². The van der Waals surface area contributed by atoms with Gasteiger partial charge in [-0.3, -0.25) is 4.99 Å². The van der Waals surface area contributed by atoms with Crippen molar-refractivity contribution in [1.29, 1.82) is 0 Å². The Morgan fingerprint density at radius 1 is 1.44 bits per heavy atom.